The third kappa shape index (κ3) is 5.68. The first-order valence-corrected chi connectivity index (χ1v) is 9.78. The Labute approximate surface area is 161 Å². The van der Waals surface area contributed by atoms with E-state index in [2.05, 4.69) is 11.4 Å². The molecule has 3 rings (SSSR count). The summed E-state index contributed by atoms with van der Waals surface area (Å²) in [7, 11) is 0. The van der Waals surface area contributed by atoms with Crippen molar-refractivity contribution < 1.29 is 9.59 Å². The molecule has 0 bridgehead atoms. The molecule has 0 aliphatic carbocycles. The predicted molar refractivity (Wildman–Crippen MR) is 108 cm³/mol. The number of piperidine rings is 1. The van der Waals surface area contributed by atoms with Gasteiger partial charge in [-0.3, -0.25) is 9.59 Å². The third-order valence-corrected chi connectivity index (χ3v) is 5.24. The highest BCUT2D eigenvalue weighted by atomic mass is 16.2. The Hall–Kier alpha value is -2.62. The number of likely N-dealkylation sites (tertiary alicyclic amines) is 1. The second-order valence-corrected chi connectivity index (χ2v) is 7.41. The maximum Gasteiger partial charge on any atom is 0.253 e. The van der Waals surface area contributed by atoms with Crippen molar-refractivity contribution in [3.8, 4) is 0 Å². The van der Waals surface area contributed by atoms with E-state index >= 15 is 0 Å². The van der Waals surface area contributed by atoms with Crippen LogP contribution in [0.4, 0.5) is 0 Å². The largest absolute Gasteiger partial charge is 0.356 e. The van der Waals surface area contributed by atoms with Crippen molar-refractivity contribution in [1.29, 1.82) is 0 Å². The van der Waals surface area contributed by atoms with Gasteiger partial charge in [0.1, 0.15) is 0 Å². The van der Waals surface area contributed by atoms with Crippen LogP contribution in [0.2, 0.25) is 0 Å². The number of aryl methyl sites for hydroxylation is 1. The number of carbonyl (C=O) groups excluding carboxylic acids is 2. The molecule has 0 unspecified atom stereocenters. The summed E-state index contributed by atoms with van der Waals surface area (Å²) in [6.07, 6.45) is 3.43. The van der Waals surface area contributed by atoms with E-state index in [1.807, 2.05) is 60.4 Å². The van der Waals surface area contributed by atoms with Gasteiger partial charge in [0.15, 0.2) is 0 Å². The fraction of sp³-hybridized carbons (Fsp3) is 0.391. The van der Waals surface area contributed by atoms with Crippen LogP contribution in [0.3, 0.4) is 0 Å². The lowest BCUT2D eigenvalue weighted by Crippen LogP contribution is -2.39. The minimum atomic E-state index is 0.0808. The van der Waals surface area contributed by atoms with Gasteiger partial charge in [-0.25, -0.2) is 0 Å². The summed E-state index contributed by atoms with van der Waals surface area (Å²) in [5, 5.41) is 3.04. The number of nitrogens with zero attached hydrogens (tertiary/aromatic N) is 1. The average molecular weight is 364 g/mol. The Bertz CT molecular complexity index is 765. The molecule has 1 aliphatic heterocycles. The zero-order valence-corrected chi connectivity index (χ0v) is 16.0. The maximum atomic E-state index is 12.5. The van der Waals surface area contributed by atoms with Crippen LogP contribution in [0, 0.1) is 12.8 Å². The van der Waals surface area contributed by atoms with E-state index in [4.69, 9.17) is 0 Å². The van der Waals surface area contributed by atoms with Gasteiger partial charge in [-0.2, -0.15) is 0 Å². The molecule has 0 spiro atoms. The fourth-order valence-electron chi connectivity index (χ4n) is 3.67. The second kappa shape index (κ2) is 9.36. The molecular weight excluding hydrogens is 336 g/mol. The SMILES string of the molecule is Cc1cccc(CC(=O)NCCC2CCN(C(=O)c3ccccc3)CC2)c1. The van der Waals surface area contributed by atoms with Crippen LogP contribution in [0.15, 0.2) is 54.6 Å². The van der Waals surface area contributed by atoms with Crippen LogP contribution in [0.25, 0.3) is 0 Å². The van der Waals surface area contributed by atoms with Crippen LogP contribution in [0.5, 0.6) is 0 Å². The molecule has 1 saturated heterocycles. The monoisotopic (exact) mass is 364 g/mol. The molecule has 4 nitrogen and oxygen atoms in total. The minimum absolute atomic E-state index is 0.0808. The standard InChI is InChI=1S/C23H28N2O2/c1-18-6-5-7-20(16-18)17-22(26)24-13-10-19-11-14-25(15-12-19)23(27)21-8-3-2-4-9-21/h2-9,16,19H,10-15,17H2,1H3,(H,24,26). The summed E-state index contributed by atoms with van der Waals surface area (Å²) in [5.41, 5.74) is 3.00. The van der Waals surface area contributed by atoms with E-state index in [0.29, 0.717) is 18.9 Å². The number of hydrogen-bond donors (Lipinski definition) is 1. The highest BCUT2D eigenvalue weighted by molar-refractivity contribution is 5.94. The summed E-state index contributed by atoms with van der Waals surface area (Å²) in [6, 6.07) is 17.6. The van der Waals surface area contributed by atoms with E-state index < -0.39 is 0 Å². The Morgan fingerprint density at radius 2 is 1.78 bits per heavy atom. The Kier molecular flexibility index (Phi) is 6.64. The number of hydrogen-bond acceptors (Lipinski definition) is 2. The van der Waals surface area contributed by atoms with Crippen molar-refractivity contribution in [3.05, 3.63) is 71.3 Å². The molecule has 1 aliphatic rings. The van der Waals surface area contributed by atoms with E-state index in [1.54, 1.807) is 0 Å². The smallest absolute Gasteiger partial charge is 0.253 e. The first-order chi connectivity index (χ1) is 13.1. The quantitative estimate of drug-likeness (QED) is 0.851. The van der Waals surface area contributed by atoms with Crippen LogP contribution < -0.4 is 5.32 Å². The number of carbonyl (C=O) groups is 2. The molecule has 2 amide bonds. The highest BCUT2D eigenvalue weighted by Crippen LogP contribution is 2.21. The lowest BCUT2D eigenvalue weighted by atomic mass is 9.93. The zero-order chi connectivity index (χ0) is 19.1. The van der Waals surface area contributed by atoms with Crippen molar-refractivity contribution in [1.82, 2.24) is 10.2 Å². The second-order valence-electron chi connectivity index (χ2n) is 7.41. The zero-order valence-electron chi connectivity index (χ0n) is 16.0. The molecule has 142 valence electrons. The molecule has 0 aromatic heterocycles. The first-order valence-electron chi connectivity index (χ1n) is 9.78. The Morgan fingerprint density at radius 3 is 2.48 bits per heavy atom. The molecule has 2 aromatic rings. The molecule has 4 heteroatoms. The normalized spacial score (nSPS) is 14.8. The van der Waals surface area contributed by atoms with Gasteiger partial charge in [-0.05, 0) is 49.8 Å². The summed E-state index contributed by atoms with van der Waals surface area (Å²) in [5.74, 6) is 0.780. The van der Waals surface area contributed by atoms with Gasteiger partial charge >= 0.3 is 0 Å². The van der Waals surface area contributed by atoms with E-state index in [1.165, 1.54) is 5.56 Å². The van der Waals surface area contributed by atoms with Gasteiger partial charge in [0.25, 0.3) is 5.91 Å². The van der Waals surface area contributed by atoms with Crippen LogP contribution >= 0.6 is 0 Å². The van der Waals surface area contributed by atoms with E-state index in [-0.39, 0.29) is 11.8 Å². The predicted octanol–water partition coefficient (Wildman–Crippen LogP) is 3.60. The van der Waals surface area contributed by atoms with Crippen molar-refractivity contribution in [3.63, 3.8) is 0 Å². The molecule has 0 saturated carbocycles. The molecule has 1 N–H and O–H groups in total. The van der Waals surface area contributed by atoms with Gasteiger partial charge < -0.3 is 10.2 Å². The topological polar surface area (TPSA) is 49.4 Å². The van der Waals surface area contributed by atoms with Gasteiger partial charge in [0.05, 0.1) is 6.42 Å². The number of amides is 2. The van der Waals surface area contributed by atoms with Crippen LogP contribution in [-0.2, 0) is 11.2 Å². The first kappa shape index (κ1) is 19.2. The summed E-state index contributed by atoms with van der Waals surface area (Å²) in [4.78, 5) is 26.5. The van der Waals surface area contributed by atoms with E-state index in [9.17, 15) is 9.59 Å². The molecule has 0 radical (unpaired) electrons. The molecule has 2 aromatic carbocycles. The van der Waals surface area contributed by atoms with Gasteiger partial charge in [0.2, 0.25) is 5.91 Å². The van der Waals surface area contributed by atoms with Crippen LogP contribution in [-0.4, -0.2) is 36.3 Å². The van der Waals surface area contributed by atoms with Gasteiger partial charge in [-0.1, -0.05) is 48.0 Å². The summed E-state index contributed by atoms with van der Waals surface area (Å²) < 4.78 is 0. The van der Waals surface area contributed by atoms with Gasteiger partial charge in [0, 0.05) is 25.2 Å². The molecule has 27 heavy (non-hydrogen) atoms. The lowest BCUT2D eigenvalue weighted by Gasteiger charge is -2.32. The highest BCUT2D eigenvalue weighted by Gasteiger charge is 2.23. The molecule has 1 fully saturated rings. The van der Waals surface area contributed by atoms with Crippen molar-refractivity contribution in [2.75, 3.05) is 19.6 Å². The Morgan fingerprint density at radius 1 is 1.04 bits per heavy atom. The van der Waals surface area contributed by atoms with Crippen molar-refractivity contribution in [2.24, 2.45) is 5.92 Å². The fourth-order valence-corrected chi connectivity index (χ4v) is 3.67. The molecule has 0 atom stereocenters. The maximum absolute atomic E-state index is 12.5. The number of rotatable bonds is 6. The Balaban J connectivity index is 1.36. The average Bonchev–Trinajstić information content (AvgIpc) is 2.69. The number of benzene rings is 2. The summed E-state index contributed by atoms with van der Waals surface area (Å²) >= 11 is 0. The molecular formula is C23H28N2O2. The van der Waals surface area contributed by atoms with Crippen molar-refractivity contribution >= 4 is 11.8 Å². The minimum Gasteiger partial charge on any atom is -0.356 e. The van der Waals surface area contributed by atoms with Crippen molar-refractivity contribution in [2.45, 2.75) is 32.6 Å². The third-order valence-electron chi connectivity index (χ3n) is 5.24. The number of nitrogens with one attached hydrogen (secondary N) is 1. The summed E-state index contributed by atoms with van der Waals surface area (Å²) in [6.45, 7) is 4.35. The van der Waals surface area contributed by atoms with E-state index in [0.717, 1.165) is 43.5 Å². The lowest BCUT2D eigenvalue weighted by molar-refractivity contribution is -0.120. The van der Waals surface area contributed by atoms with Crippen LogP contribution in [0.1, 0.15) is 40.7 Å². The van der Waals surface area contributed by atoms with Gasteiger partial charge in [-0.15, -0.1) is 0 Å². The molecule has 1 heterocycles.